The molecule has 1 amide bonds. The average Bonchev–Trinajstić information content (AvgIpc) is 3.49. The van der Waals surface area contributed by atoms with E-state index >= 15 is 0 Å². The second kappa shape index (κ2) is 10.6. The normalized spacial score (nSPS) is 17.1. The minimum Gasteiger partial charge on any atom is -0.504 e. The first-order valence-corrected chi connectivity index (χ1v) is 11.7. The minimum atomic E-state index is -0.0471. The summed E-state index contributed by atoms with van der Waals surface area (Å²) in [6.45, 7) is 3.94. The Bertz CT molecular complexity index is 1300. The van der Waals surface area contributed by atoms with E-state index in [9.17, 15) is 4.79 Å². The van der Waals surface area contributed by atoms with Gasteiger partial charge in [0.1, 0.15) is 5.65 Å². The van der Waals surface area contributed by atoms with Crippen molar-refractivity contribution in [3.05, 3.63) is 78.4 Å². The number of nitrogens with two attached hydrogens (primary N) is 1. The van der Waals surface area contributed by atoms with Gasteiger partial charge in [0.05, 0.1) is 18.9 Å². The van der Waals surface area contributed by atoms with E-state index in [0.717, 1.165) is 52.8 Å². The van der Waals surface area contributed by atoms with Gasteiger partial charge in [-0.1, -0.05) is 24.3 Å². The van der Waals surface area contributed by atoms with Crippen LogP contribution in [0.25, 0.3) is 27.7 Å². The lowest BCUT2D eigenvalue weighted by Gasteiger charge is -2.25. The number of aromatic amines is 1. The molecule has 1 atom stereocenters. The maximum Gasteiger partial charge on any atom is 0.256 e. The number of hydrogen-bond acceptors (Lipinski definition) is 5. The van der Waals surface area contributed by atoms with Crippen LogP contribution < -0.4 is 5.73 Å². The van der Waals surface area contributed by atoms with E-state index in [2.05, 4.69) is 34.9 Å². The molecule has 0 saturated carbocycles. The van der Waals surface area contributed by atoms with Gasteiger partial charge in [0.25, 0.3) is 5.91 Å². The number of methoxy groups -OCH3 is 1. The van der Waals surface area contributed by atoms with Crippen LogP contribution in [0, 0.1) is 0 Å². The predicted molar refractivity (Wildman–Crippen MR) is 143 cm³/mol. The number of likely N-dealkylation sites (N-methyl/N-ethyl adjacent to an activating group) is 2. The quantitative estimate of drug-likeness (QED) is 0.296. The lowest BCUT2D eigenvalue weighted by atomic mass is 10.00. The molecule has 2 aromatic heterocycles. The van der Waals surface area contributed by atoms with Gasteiger partial charge in [0.15, 0.2) is 0 Å². The van der Waals surface area contributed by atoms with Crippen molar-refractivity contribution in [1.29, 1.82) is 0 Å². The largest absolute Gasteiger partial charge is 0.504 e. The van der Waals surface area contributed by atoms with Gasteiger partial charge in [-0.15, -0.1) is 0 Å². The third-order valence-corrected chi connectivity index (χ3v) is 6.59. The van der Waals surface area contributed by atoms with Crippen LogP contribution >= 0.6 is 0 Å². The Kier molecular flexibility index (Phi) is 7.36. The first kappa shape index (κ1) is 24.3. The minimum absolute atomic E-state index is 0.0471. The molecule has 0 bridgehead atoms. The second-order valence-electron chi connectivity index (χ2n) is 9.04. The number of carbonyl (C=O) groups is 1. The number of amides is 1. The summed E-state index contributed by atoms with van der Waals surface area (Å²) in [6.07, 6.45) is 14.2. The monoisotopic (exact) mass is 471 g/mol. The molecule has 0 radical (unpaired) electrons. The molecule has 4 rings (SSSR count). The lowest BCUT2D eigenvalue weighted by Crippen LogP contribution is -2.38. The van der Waals surface area contributed by atoms with Crippen molar-refractivity contribution >= 4 is 28.2 Å². The average molecular weight is 472 g/mol. The van der Waals surface area contributed by atoms with Gasteiger partial charge in [0, 0.05) is 54.2 Å². The fourth-order valence-electron chi connectivity index (χ4n) is 4.47. The number of H-pyrrole nitrogens is 1. The predicted octanol–water partition coefficient (Wildman–Crippen LogP) is 4.71. The summed E-state index contributed by atoms with van der Waals surface area (Å²) in [5.74, 6) is -0.0471. The molecule has 3 heterocycles. The zero-order valence-corrected chi connectivity index (χ0v) is 20.8. The van der Waals surface area contributed by atoms with Gasteiger partial charge < -0.3 is 25.3 Å². The van der Waals surface area contributed by atoms with Crippen molar-refractivity contribution in [2.24, 2.45) is 0 Å². The fraction of sp³-hybridized carbons (Fsp3) is 0.286. The number of rotatable bonds is 7. The SMILES string of the molecule is CO/C=C/C=C\C=C(/C)c1c[nH]c2ncc(-c3ccc(N)c(C(=O)N(C)C4CCN(C)C4)c3)cc12. The number of hydrogen-bond donors (Lipinski definition) is 2. The number of pyridine rings is 1. The maximum atomic E-state index is 13.3. The molecular formula is C28H33N5O2. The molecule has 35 heavy (non-hydrogen) atoms. The van der Waals surface area contributed by atoms with Gasteiger partial charge in [-0.3, -0.25) is 4.79 Å². The number of nitrogens with one attached hydrogen (secondary N) is 1. The molecule has 7 nitrogen and oxygen atoms in total. The third-order valence-electron chi connectivity index (χ3n) is 6.59. The molecule has 1 fully saturated rings. The van der Waals surface area contributed by atoms with E-state index < -0.39 is 0 Å². The Morgan fingerprint density at radius 1 is 1.23 bits per heavy atom. The van der Waals surface area contributed by atoms with Crippen molar-refractivity contribution in [2.45, 2.75) is 19.4 Å². The number of aromatic nitrogens is 2. The van der Waals surface area contributed by atoms with E-state index in [1.807, 2.05) is 66.8 Å². The van der Waals surface area contributed by atoms with Crippen LogP contribution in [0.15, 0.2) is 67.2 Å². The van der Waals surface area contributed by atoms with Crippen molar-refractivity contribution in [1.82, 2.24) is 19.8 Å². The summed E-state index contributed by atoms with van der Waals surface area (Å²) in [6, 6.07) is 7.94. The summed E-state index contributed by atoms with van der Waals surface area (Å²) in [5, 5.41) is 1.02. The molecule has 3 aromatic rings. The van der Waals surface area contributed by atoms with Crippen LogP contribution in [0.5, 0.6) is 0 Å². The van der Waals surface area contributed by atoms with Gasteiger partial charge in [-0.05, 0) is 62.3 Å². The van der Waals surface area contributed by atoms with Crippen LogP contribution in [-0.4, -0.2) is 66.0 Å². The number of ether oxygens (including phenoxy) is 1. The van der Waals surface area contributed by atoms with E-state index in [1.54, 1.807) is 13.4 Å². The Labute approximate surface area is 206 Å². The first-order valence-electron chi connectivity index (χ1n) is 11.7. The highest BCUT2D eigenvalue weighted by molar-refractivity contribution is 6.01. The van der Waals surface area contributed by atoms with Crippen LogP contribution in [0.2, 0.25) is 0 Å². The molecule has 1 saturated heterocycles. The number of likely N-dealkylation sites (tertiary alicyclic amines) is 1. The number of nitrogen functional groups attached to an aromatic ring is 1. The highest BCUT2D eigenvalue weighted by Gasteiger charge is 2.28. The van der Waals surface area contributed by atoms with E-state index in [1.165, 1.54) is 0 Å². The number of anilines is 1. The van der Waals surface area contributed by atoms with Crippen LogP contribution in [0.3, 0.4) is 0 Å². The van der Waals surface area contributed by atoms with E-state index in [4.69, 9.17) is 10.5 Å². The van der Waals surface area contributed by atoms with Crippen LogP contribution in [0.4, 0.5) is 5.69 Å². The van der Waals surface area contributed by atoms with E-state index in [0.29, 0.717) is 11.3 Å². The van der Waals surface area contributed by atoms with Crippen molar-refractivity contribution in [3.8, 4) is 11.1 Å². The zero-order chi connectivity index (χ0) is 24.9. The summed E-state index contributed by atoms with van der Waals surface area (Å²) in [4.78, 5) is 25.2. The number of nitrogens with zero attached hydrogens (tertiary/aromatic N) is 3. The Morgan fingerprint density at radius 3 is 2.80 bits per heavy atom. The Morgan fingerprint density at radius 2 is 2.06 bits per heavy atom. The summed E-state index contributed by atoms with van der Waals surface area (Å²) in [5.41, 5.74) is 12.1. The van der Waals surface area contributed by atoms with Crippen LogP contribution in [-0.2, 0) is 4.74 Å². The highest BCUT2D eigenvalue weighted by Crippen LogP contribution is 2.30. The lowest BCUT2D eigenvalue weighted by molar-refractivity contribution is 0.0738. The first-order chi connectivity index (χ1) is 16.9. The molecule has 0 spiro atoms. The molecule has 0 aliphatic carbocycles. The van der Waals surface area contributed by atoms with Crippen molar-refractivity contribution in [2.75, 3.05) is 40.0 Å². The van der Waals surface area contributed by atoms with Crippen LogP contribution in [0.1, 0.15) is 29.3 Å². The molecule has 182 valence electrons. The molecule has 7 heteroatoms. The highest BCUT2D eigenvalue weighted by atomic mass is 16.5. The molecule has 3 N–H and O–H groups in total. The summed E-state index contributed by atoms with van der Waals surface area (Å²) < 4.78 is 4.91. The van der Waals surface area contributed by atoms with Gasteiger partial charge >= 0.3 is 0 Å². The fourth-order valence-corrected chi connectivity index (χ4v) is 4.47. The smallest absolute Gasteiger partial charge is 0.256 e. The number of allylic oxidation sites excluding steroid dienone is 5. The molecule has 1 aliphatic heterocycles. The summed E-state index contributed by atoms with van der Waals surface area (Å²) in [7, 11) is 5.57. The molecule has 1 aromatic carbocycles. The second-order valence-corrected chi connectivity index (χ2v) is 9.04. The summed E-state index contributed by atoms with van der Waals surface area (Å²) >= 11 is 0. The number of carbonyl (C=O) groups excluding carboxylic acids is 1. The van der Waals surface area contributed by atoms with Crippen molar-refractivity contribution < 1.29 is 9.53 Å². The van der Waals surface area contributed by atoms with Gasteiger partial charge in [-0.2, -0.15) is 0 Å². The third kappa shape index (κ3) is 5.30. The maximum absolute atomic E-state index is 13.3. The zero-order valence-electron chi connectivity index (χ0n) is 20.8. The van der Waals surface area contributed by atoms with Gasteiger partial charge in [0.2, 0.25) is 0 Å². The number of benzene rings is 1. The van der Waals surface area contributed by atoms with Crippen molar-refractivity contribution in [3.63, 3.8) is 0 Å². The standard InChI is InChI=1S/C28H33N5O2/c1-19(8-6-5-7-13-35-4)25-17-31-27-23(25)15-21(16-30-27)20-9-10-26(29)24(14-20)28(34)33(3)22-11-12-32(2)18-22/h5-10,13-17,22H,11-12,18,29H2,1-4H3,(H,30,31)/b6-5-,13-7+,19-8+. The molecule has 1 aliphatic rings. The number of fused-ring (bicyclic) bond motifs is 1. The Hall–Kier alpha value is -3.84. The molecular weight excluding hydrogens is 438 g/mol. The van der Waals surface area contributed by atoms with Gasteiger partial charge in [-0.25, -0.2) is 4.98 Å². The van der Waals surface area contributed by atoms with E-state index in [-0.39, 0.29) is 11.9 Å². The Balaban J connectivity index is 1.64. The molecule has 1 unspecified atom stereocenters. The topological polar surface area (TPSA) is 87.5 Å².